The van der Waals surface area contributed by atoms with Gasteiger partial charge in [0.05, 0.1) is 17.8 Å². The van der Waals surface area contributed by atoms with Gasteiger partial charge in [-0.3, -0.25) is 0 Å². The van der Waals surface area contributed by atoms with E-state index in [-0.39, 0.29) is 0 Å². The van der Waals surface area contributed by atoms with Crippen LogP contribution in [0.2, 0.25) is 0 Å². The van der Waals surface area contributed by atoms with Crippen molar-refractivity contribution in [2.45, 2.75) is 52.4 Å². The zero-order chi connectivity index (χ0) is 13.9. The summed E-state index contributed by atoms with van der Waals surface area (Å²) in [6.07, 6.45) is -4.25. The third-order valence-corrected chi connectivity index (χ3v) is 2.53. The van der Waals surface area contributed by atoms with E-state index >= 15 is 0 Å². The normalized spacial score (nSPS) is 13.7. The summed E-state index contributed by atoms with van der Waals surface area (Å²) in [5.74, 6) is 0.478. The van der Waals surface area contributed by atoms with Crippen molar-refractivity contribution in [3.05, 3.63) is 5.69 Å². The van der Waals surface area contributed by atoms with E-state index in [1.807, 2.05) is 6.92 Å². The molecule has 1 heterocycles. The maximum atomic E-state index is 12.3. The van der Waals surface area contributed by atoms with Crippen molar-refractivity contribution in [3.8, 4) is 0 Å². The second kappa shape index (κ2) is 5.49. The standard InChI is InChI=1S/C11H19F3N4/c1-4-5-18-10(9(15)8(3)17-18)16-7(2)6-11(12,13)14/h7,16H,4-6,15H2,1-3H3. The molecule has 0 amide bonds. The summed E-state index contributed by atoms with van der Waals surface area (Å²) in [7, 11) is 0. The van der Waals surface area contributed by atoms with Crippen molar-refractivity contribution in [2.24, 2.45) is 0 Å². The van der Waals surface area contributed by atoms with Crippen molar-refractivity contribution in [3.63, 3.8) is 0 Å². The molecular weight excluding hydrogens is 245 g/mol. The van der Waals surface area contributed by atoms with Crippen LogP contribution in [0.1, 0.15) is 32.4 Å². The van der Waals surface area contributed by atoms with E-state index in [1.165, 1.54) is 6.92 Å². The number of nitrogens with zero attached hydrogens (tertiary/aromatic N) is 2. The van der Waals surface area contributed by atoms with E-state index in [0.29, 0.717) is 23.7 Å². The predicted molar refractivity (Wildman–Crippen MR) is 65.4 cm³/mol. The minimum atomic E-state index is -4.19. The summed E-state index contributed by atoms with van der Waals surface area (Å²) in [5.41, 5.74) is 6.86. The van der Waals surface area contributed by atoms with Gasteiger partial charge in [-0.2, -0.15) is 18.3 Å². The van der Waals surface area contributed by atoms with Crippen LogP contribution in [-0.2, 0) is 6.54 Å². The maximum Gasteiger partial charge on any atom is 0.391 e. The minimum Gasteiger partial charge on any atom is -0.394 e. The van der Waals surface area contributed by atoms with Crippen LogP contribution in [0.4, 0.5) is 24.7 Å². The number of hydrogen-bond acceptors (Lipinski definition) is 3. The molecule has 1 atom stereocenters. The molecule has 1 unspecified atom stereocenters. The van der Waals surface area contributed by atoms with E-state index in [4.69, 9.17) is 5.73 Å². The summed E-state index contributed by atoms with van der Waals surface area (Å²) >= 11 is 0. The van der Waals surface area contributed by atoms with E-state index in [2.05, 4.69) is 10.4 Å². The summed E-state index contributed by atoms with van der Waals surface area (Å²) in [4.78, 5) is 0. The third-order valence-electron chi connectivity index (χ3n) is 2.53. The van der Waals surface area contributed by atoms with Crippen LogP contribution in [-0.4, -0.2) is 22.0 Å². The first kappa shape index (κ1) is 14.7. The fourth-order valence-corrected chi connectivity index (χ4v) is 1.75. The SMILES string of the molecule is CCCn1nc(C)c(N)c1NC(C)CC(F)(F)F. The van der Waals surface area contributed by atoms with Gasteiger partial charge >= 0.3 is 6.18 Å². The number of hydrogen-bond donors (Lipinski definition) is 2. The molecule has 1 aromatic heterocycles. The molecule has 1 rings (SSSR count). The third kappa shape index (κ3) is 3.82. The topological polar surface area (TPSA) is 55.9 Å². The Morgan fingerprint density at radius 3 is 2.56 bits per heavy atom. The number of halogens is 3. The van der Waals surface area contributed by atoms with Gasteiger partial charge in [0, 0.05) is 12.6 Å². The molecular formula is C11H19F3N4. The molecule has 0 aromatic carbocycles. The highest BCUT2D eigenvalue weighted by atomic mass is 19.4. The zero-order valence-electron chi connectivity index (χ0n) is 10.8. The molecule has 0 aliphatic rings. The molecule has 0 saturated carbocycles. The van der Waals surface area contributed by atoms with Crippen LogP contribution in [0.25, 0.3) is 0 Å². The quantitative estimate of drug-likeness (QED) is 0.859. The Labute approximate surface area is 104 Å². The van der Waals surface area contributed by atoms with Crippen LogP contribution in [0, 0.1) is 6.92 Å². The molecule has 3 N–H and O–H groups in total. The maximum absolute atomic E-state index is 12.3. The Morgan fingerprint density at radius 2 is 2.06 bits per heavy atom. The summed E-state index contributed by atoms with van der Waals surface area (Å²) in [6, 6.07) is -0.737. The number of aryl methyl sites for hydroxylation is 2. The lowest BCUT2D eigenvalue weighted by molar-refractivity contribution is -0.136. The molecule has 4 nitrogen and oxygen atoms in total. The number of anilines is 2. The van der Waals surface area contributed by atoms with E-state index in [0.717, 1.165) is 6.42 Å². The smallest absolute Gasteiger partial charge is 0.391 e. The summed E-state index contributed by atoms with van der Waals surface area (Å²) in [6.45, 7) is 5.81. The largest absolute Gasteiger partial charge is 0.394 e. The Hall–Kier alpha value is -1.40. The van der Waals surface area contributed by atoms with Gasteiger partial charge in [-0.1, -0.05) is 6.92 Å². The van der Waals surface area contributed by atoms with Gasteiger partial charge in [0.25, 0.3) is 0 Å². The van der Waals surface area contributed by atoms with E-state index in [1.54, 1.807) is 11.6 Å². The van der Waals surface area contributed by atoms with Gasteiger partial charge in [-0.15, -0.1) is 0 Å². The minimum absolute atomic E-state index is 0.414. The van der Waals surface area contributed by atoms with Crippen molar-refractivity contribution in [2.75, 3.05) is 11.1 Å². The Morgan fingerprint density at radius 1 is 1.44 bits per heavy atom. The number of alkyl halides is 3. The Kier molecular flexibility index (Phi) is 4.48. The van der Waals surface area contributed by atoms with Crippen LogP contribution in [0.3, 0.4) is 0 Å². The summed E-state index contributed by atoms with van der Waals surface area (Å²) in [5, 5.41) is 6.99. The first-order chi connectivity index (χ1) is 8.24. The molecule has 0 aliphatic heterocycles. The fourth-order valence-electron chi connectivity index (χ4n) is 1.75. The van der Waals surface area contributed by atoms with Crippen molar-refractivity contribution in [1.82, 2.24) is 9.78 Å². The highest BCUT2D eigenvalue weighted by Crippen LogP contribution is 2.27. The zero-order valence-corrected chi connectivity index (χ0v) is 10.8. The van der Waals surface area contributed by atoms with Crippen molar-refractivity contribution in [1.29, 1.82) is 0 Å². The van der Waals surface area contributed by atoms with Gasteiger partial charge in [-0.05, 0) is 20.3 Å². The lowest BCUT2D eigenvalue weighted by Gasteiger charge is -2.18. The second-order valence-corrected chi connectivity index (χ2v) is 4.44. The van der Waals surface area contributed by atoms with Crippen LogP contribution < -0.4 is 11.1 Å². The highest BCUT2D eigenvalue weighted by Gasteiger charge is 2.30. The van der Waals surface area contributed by atoms with Gasteiger partial charge in [-0.25, -0.2) is 4.68 Å². The van der Waals surface area contributed by atoms with Crippen molar-refractivity contribution < 1.29 is 13.2 Å². The summed E-state index contributed by atoms with van der Waals surface area (Å²) < 4.78 is 38.4. The molecule has 104 valence electrons. The molecule has 0 aliphatic carbocycles. The molecule has 0 spiro atoms. The second-order valence-electron chi connectivity index (χ2n) is 4.44. The van der Waals surface area contributed by atoms with E-state index in [9.17, 15) is 13.2 Å². The van der Waals surface area contributed by atoms with Crippen LogP contribution in [0.5, 0.6) is 0 Å². The number of aromatic nitrogens is 2. The van der Waals surface area contributed by atoms with Gasteiger partial charge in [0.2, 0.25) is 0 Å². The average molecular weight is 264 g/mol. The lowest BCUT2D eigenvalue weighted by Crippen LogP contribution is -2.25. The Bertz CT molecular complexity index is 398. The fraction of sp³-hybridized carbons (Fsp3) is 0.727. The number of nitrogen functional groups attached to an aromatic ring is 1. The van der Waals surface area contributed by atoms with Crippen molar-refractivity contribution >= 4 is 11.5 Å². The molecule has 0 radical (unpaired) electrons. The first-order valence-corrected chi connectivity index (χ1v) is 5.90. The average Bonchev–Trinajstić information content (AvgIpc) is 2.44. The monoisotopic (exact) mass is 264 g/mol. The molecule has 0 bridgehead atoms. The number of rotatable bonds is 5. The first-order valence-electron chi connectivity index (χ1n) is 5.90. The molecule has 1 aromatic rings. The Balaban J connectivity index is 2.82. The molecule has 0 fully saturated rings. The predicted octanol–water partition coefficient (Wildman–Crippen LogP) is 2.94. The molecule has 7 heteroatoms. The van der Waals surface area contributed by atoms with Crippen LogP contribution >= 0.6 is 0 Å². The number of nitrogens with one attached hydrogen (secondary N) is 1. The van der Waals surface area contributed by atoms with Gasteiger partial charge in [0.1, 0.15) is 5.82 Å². The van der Waals surface area contributed by atoms with Gasteiger partial charge in [0.15, 0.2) is 0 Å². The lowest BCUT2D eigenvalue weighted by atomic mass is 10.2. The number of nitrogens with two attached hydrogens (primary N) is 1. The molecule has 0 saturated heterocycles. The molecule has 18 heavy (non-hydrogen) atoms. The van der Waals surface area contributed by atoms with Crippen LogP contribution in [0.15, 0.2) is 0 Å². The van der Waals surface area contributed by atoms with Gasteiger partial charge < -0.3 is 11.1 Å². The highest BCUT2D eigenvalue weighted by molar-refractivity contribution is 5.65. The van der Waals surface area contributed by atoms with E-state index < -0.39 is 18.6 Å².